The minimum atomic E-state index is -3.11. The summed E-state index contributed by atoms with van der Waals surface area (Å²) in [6.45, 7) is -1.32. The average Bonchev–Trinajstić information content (AvgIpc) is 3.20. The number of aromatic nitrogens is 1. The first kappa shape index (κ1) is 23.8. The predicted octanol–water partition coefficient (Wildman–Crippen LogP) is 3.90. The van der Waals surface area contributed by atoms with Crippen LogP contribution in [-0.4, -0.2) is 53.9 Å². The molecule has 0 saturated carbocycles. The lowest BCUT2D eigenvalue weighted by molar-refractivity contribution is -0.131. The van der Waals surface area contributed by atoms with Gasteiger partial charge >= 0.3 is 0 Å². The van der Waals surface area contributed by atoms with Gasteiger partial charge in [-0.2, -0.15) is 5.26 Å². The van der Waals surface area contributed by atoms with Gasteiger partial charge in [0, 0.05) is 18.0 Å². The van der Waals surface area contributed by atoms with Gasteiger partial charge in [-0.05, 0) is 41.5 Å². The third-order valence-electron chi connectivity index (χ3n) is 5.73. The summed E-state index contributed by atoms with van der Waals surface area (Å²) in [7, 11) is 1.60. The number of halogens is 2. The molecule has 1 fully saturated rings. The smallest absolute Gasteiger partial charge is 0.268 e. The summed E-state index contributed by atoms with van der Waals surface area (Å²) < 4.78 is 32.4. The second-order valence-corrected chi connectivity index (χ2v) is 8.15. The number of carbonyl (C=O) groups is 2. The number of ether oxygens (including phenoxy) is 1. The number of likely N-dealkylation sites (tertiary alicyclic amines) is 1. The Morgan fingerprint density at radius 3 is 2.63 bits per heavy atom. The van der Waals surface area contributed by atoms with Crippen LogP contribution in [0.1, 0.15) is 27.9 Å². The van der Waals surface area contributed by atoms with Crippen LogP contribution >= 0.6 is 0 Å². The summed E-state index contributed by atoms with van der Waals surface area (Å²) in [4.78, 5) is 30.4. The Balaban J connectivity index is 1.49. The molecule has 0 radical (unpaired) electrons. The van der Waals surface area contributed by atoms with Crippen molar-refractivity contribution in [3.63, 3.8) is 0 Å². The van der Waals surface area contributed by atoms with Gasteiger partial charge in [0.15, 0.2) is 0 Å². The van der Waals surface area contributed by atoms with Gasteiger partial charge in [0.2, 0.25) is 5.91 Å². The van der Waals surface area contributed by atoms with E-state index in [0.29, 0.717) is 16.5 Å². The molecular weight excluding hydrogens is 454 g/mol. The van der Waals surface area contributed by atoms with Crippen molar-refractivity contribution in [1.82, 2.24) is 15.2 Å². The number of carbonyl (C=O) groups excluding carboxylic acids is 2. The zero-order valence-electron chi connectivity index (χ0n) is 18.9. The fourth-order valence-corrected chi connectivity index (χ4v) is 3.92. The van der Waals surface area contributed by atoms with Crippen molar-refractivity contribution in [2.45, 2.75) is 18.4 Å². The van der Waals surface area contributed by atoms with E-state index in [0.717, 1.165) is 21.8 Å². The minimum Gasteiger partial charge on any atom is -0.497 e. The first-order valence-electron chi connectivity index (χ1n) is 10.9. The average molecular weight is 476 g/mol. The van der Waals surface area contributed by atoms with Crippen molar-refractivity contribution in [2.24, 2.45) is 0 Å². The van der Waals surface area contributed by atoms with Gasteiger partial charge in [-0.3, -0.25) is 14.6 Å². The van der Waals surface area contributed by atoms with Crippen molar-refractivity contribution in [3.8, 4) is 11.8 Å². The zero-order valence-corrected chi connectivity index (χ0v) is 18.9. The van der Waals surface area contributed by atoms with E-state index >= 15 is 0 Å². The van der Waals surface area contributed by atoms with Gasteiger partial charge in [0.1, 0.15) is 11.8 Å². The molecule has 2 aromatic carbocycles. The second-order valence-electron chi connectivity index (χ2n) is 8.15. The molecule has 0 spiro atoms. The molecular formula is C26H22F2N4O3. The van der Waals surface area contributed by atoms with E-state index < -0.39 is 43.3 Å². The van der Waals surface area contributed by atoms with Crippen LogP contribution in [0.15, 0.2) is 54.7 Å². The summed E-state index contributed by atoms with van der Waals surface area (Å²) in [5.74, 6) is -3.63. The lowest BCUT2D eigenvalue weighted by Crippen LogP contribution is -2.43. The molecule has 1 aliphatic rings. The lowest BCUT2D eigenvalue weighted by Gasteiger charge is -2.19. The van der Waals surface area contributed by atoms with Gasteiger partial charge < -0.3 is 15.0 Å². The maximum absolute atomic E-state index is 13.6. The van der Waals surface area contributed by atoms with Crippen LogP contribution in [0.25, 0.3) is 23.1 Å². The van der Waals surface area contributed by atoms with Crippen LogP contribution < -0.4 is 10.1 Å². The molecule has 178 valence electrons. The maximum atomic E-state index is 13.6. The molecule has 1 N–H and O–H groups in total. The van der Waals surface area contributed by atoms with Crippen molar-refractivity contribution < 1.29 is 23.1 Å². The molecule has 1 aliphatic heterocycles. The second kappa shape index (κ2) is 9.89. The van der Waals surface area contributed by atoms with Crippen molar-refractivity contribution in [3.05, 3.63) is 71.4 Å². The normalized spacial score (nSPS) is 16.9. The van der Waals surface area contributed by atoms with E-state index in [2.05, 4.69) is 10.3 Å². The van der Waals surface area contributed by atoms with Crippen LogP contribution in [0.2, 0.25) is 0 Å². The highest BCUT2D eigenvalue weighted by Gasteiger charge is 2.47. The summed E-state index contributed by atoms with van der Waals surface area (Å²) >= 11 is 0. The fourth-order valence-electron chi connectivity index (χ4n) is 3.92. The van der Waals surface area contributed by atoms with Crippen LogP contribution in [0, 0.1) is 11.3 Å². The van der Waals surface area contributed by atoms with E-state index in [9.17, 15) is 18.4 Å². The van der Waals surface area contributed by atoms with Crippen molar-refractivity contribution in [1.29, 1.82) is 5.26 Å². The molecule has 1 atom stereocenters. The number of amides is 2. The highest BCUT2D eigenvalue weighted by molar-refractivity contribution is 6.07. The predicted molar refractivity (Wildman–Crippen MR) is 127 cm³/mol. The van der Waals surface area contributed by atoms with E-state index in [4.69, 9.17) is 10.00 Å². The molecule has 4 rings (SSSR count). The standard InChI is InChI=1S/C26H22F2N4O3/c1-35-20-7-4-17(5-8-20)2-3-18-6-9-23-22(12-18)21(10-11-30-23)25(34)31-15-24(33)32-16-26(27,28)13-19(32)14-29/h2-12,19H,13,15-16H2,1H3,(H,31,34). The number of alkyl halides is 2. The molecule has 3 aromatic rings. The molecule has 0 aliphatic carbocycles. The van der Waals surface area contributed by atoms with Gasteiger partial charge in [0.05, 0.1) is 37.3 Å². The van der Waals surface area contributed by atoms with Crippen LogP contribution in [0.5, 0.6) is 5.75 Å². The number of nitrogens with one attached hydrogen (secondary N) is 1. The Morgan fingerprint density at radius 1 is 1.20 bits per heavy atom. The van der Waals surface area contributed by atoms with Crippen molar-refractivity contribution >= 4 is 34.9 Å². The Kier molecular flexibility index (Phi) is 6.73. The van der Waals surface area contributed by atoms with Gasteiger partial charge in [-0.15, -0.1) is 0 Å². The molecule has 7 nitrogen and oxygen atoms in total. The number of hydrogen-bond acceptors (Lipinski definition) is 5. The number of benzene rings is 2. The number of fused-ring (bicyclic) bond motifs is 1. The number of methoxy groups -OCH3 is 1. The molecule has 1 unspecified atom stereocenters. The molecule has 2 amide bonds. The van der Waals surface area contributed by atoms with Crippen LogP contribution in [-0.2, 0) is 4.79 Å². The maximum Gasteiger partial charge on any atom is 0.268 e. The minimum absolute atomic E-state index is 0.297. The Hall–Kier alpha value is -4.32. The number of rotatable bonds is 6. The van der Waals surface area contributed by atoms with Gasteiger partial charge in [0.25, 0.3) is 11.8 Å². The van der Waals surface area contributed by atoms with E-state index in [1.54, 1.807) is 19.2 Å². The number of hydrogen-bond donors (Lipinski definition) is 1. The van der Waals surface area contributed by atoms with E-state index in [1.807, 2.05) is 48.6 Å². The third-order valence-corrected chi connectivity index (χ3v) is 5.73. The SMILES string of the molecule is COc1ccc(C=Cc2ccc3nccc(C(=O)NCC(=O)N4CC(F)(F)CC4C#N)c3c2)cc1. The highest BCUT2D eigenvalue weighted by atomic mass is 19.3. The van der Waals surface area contributed by atoms with E-state index in [-0.39, 0.29) is 0 Å². The molecule has 9 heteroatoms. The Bertz CT molecular complexity index is 1330. The quantitative estimate of drug-likeness (QED) is 0.545. The molecule has 2 heterocycles. The molecule has 35 heavy (non-hydrogen) atoms. The first-order chi connectivity index (χ1) is 16.8. The van der Waals surface area contributed by atoms with Gasteiger partial charge in [-0.25, -0.2) is 8.78 Å². The number of pyridine rings is 1. The first-order valence-corrected chi connectivity index (χ1v) is 10.9. The highest BCUT2D eigenvalue weighted by Crippen LogP contribution is 2.31. The molecule has 0 bridgehead atoms. The third kappa shape index (κ3) is 5.44. The Morgan fingerprint density at radius 2 is 1.91 bits per heavy atom. The Labute approximate surface area is 200 Å². The molecule has 1 aromatic heterocycles. The van der Waals surface area contributed by atoms with Crippen LogP contribution in [0.4, 0.5) is 8.78 Å². The van der Waals surface area contributed by atoms with E-state index in [1.165, 1.54) is 12.3 Å². The van der Waals surface area contributed by atoms with Gasteiger partial charge in [-0.1, -0.05) is 30.4 Å². The van der Waals surface area contributed by atoms with Crippen LogP contribution in [0.3, 0.4) is 0 Å². The monoisotopic (exact) mass is 476 g/mol. The fraction of sp³-hybridized carbons (Fsp3) is 0.231. The summed E-state index contributed by atoms with van der Waals surface area (Å²) in [6, 6.07) is 15.1. The summed E-state index contributed by atoms with van der Waals surface area (Å²) in [5.41, 5.74) is 2.69. The molecule has 1 saturated heterocycles. The zero-order chi connectivity index (χ0) is 25.0. The lowest BCUT2D eigenvalue weighted by atomic mass is 10.0. The number of nitrogens with zero attached hydrogens (tertiary/aromatic N) is 3. The summed E-state index contributed by atoms with van der Waals surface area (Å²) in [5, 5.41) is 12.1. The largest absolute Gasteiger partial charge is 0.497 e. The summed E-state index contributed by atoms with van der Waals surface area (Å²) in [6.07, 6.45) is 4.60. The number of nitriles is 1. The van der Waals surface area contributed by atoms with Crippen molar-refractivity contribution in [2.75, 3.05) is 20.2 Å². The topological polar surface area (TPSA) is 95.3 Å².